The molecule has 0 saturated carbocycles. The second kappa shape index (κ2) is 8.19. The van der Waals surface area contributed by atoms with E-state index in [9.17, 15) is 9.59 Å². The first-order valence-electron chi connectivity index (χ1n) is 4.95. The molecule has 0 aromatic heterocycles. The molecule has 0 fully saturated rings. The molecule has 1 unspecified atom stereocenters. The predicted molar refractivity (Wildman–Crippen MR) is 54.4 cm³/mol. The van der Waals surface area contributed by atoms with Crippen LogP contribution in [0.25, 0.3) is 0 Å². The molecular weight excluding hydrogens is 200 g/mol. The molecule has 0 aromatic carbocycles. The lowest BCUT2D eigenvalue weighted by Crippen LogP contribution is -2.42. The van der Waals surface area contributed by atoms with E-state index in [2.05, 4.69) is 10.6 Å². The molecule has 0 heterocycles. The maximum atomic E-state index is 11.2. The molecule has 15 heavy (non-hydrogen) atoms. The number of rotatable bonds is 8. The summed E-state index contributed by atoms with van der Waals surface area (Å²) in [4.78, 5) is 21.8. The summed E-state index contributed by atoms with van der Waals surface area (Å²) in [5, 5.41) is 22.6. The van der Waals surface area contributed by atoms with E-state index in [4.69, 9.17) is 10.2 Å². The molecule has 6 heteroatoms. The number of hydrogen-bond donors (Lipinski definition) is 4. The molecule has 0 radical (unpaired) electrons. The molecule has 0 aliphatic heterocycles. The molecule has 88 valence electrons. The molecule has 1 amide bonds. The Hall–Kier alpha value is -1.14. The number of carbonyl (C=O) groups is 2. The van der Waals surface area contributed by atoms with Crippen molar-refractivity contribution in [2.24, 2.45) is 0 Å². The minimum absolute atomic E-state index is 0.0300. The van der Waals surface area contributed by atoms with Crippen molar-refractivity contribution in [3.05, 3.63) is 0 Å². The fourth-order valence-electron chi connectivity index (χ4n) is 1.03. The van der Waals surface area contributed by atoms with E-state index in [1.807, 2.05) is 6.92 Å². The van der Waals surface area contributed by atoms with Crippen LogP contribution in [0.3, 0.4) is 0 Å². The number of amides is 1. The Bertz CT molecular complexity index is 208. The largest absolute Gasteiger partial charge is 0.480 e. The average Bonchev–Trinajstić information content (AvgIpc) is 2.17. The Labute approximate surface area is 88.7 Å². The summed E-state index contributed by atoms with van der Waals surface area (Å²) in [7, 11) is 0. The van der Waals surface area contributed by atoms with E-state index in [1.165, 1.54) is 0 Å². The van der Waals surface area contributed by atoms with Gasteiger partial charge in [-0.2, -0.15) is 0 Å². The van der Waals surface area contributed by atoms with Crippen molar-refractivity contribution in [3.63, 3.8) is 0 Å². The molecule has 0 aliphatic carbocycles. The summed E-state index contributed by atoms with van der Waals surface area (Å²) in [6.45, 7) is 2.95. The van der Waals surface area contributed by atoms with Crippen LogP contribution in [-0.4, -0.2) is 47.8 Å². The third-order valence-electron chi connectivity index (χ3n) is 1.83. The quantitative estimate of drug-likeness (QED) is 0.389. The topological polar surface area (TPSA) is 98.7 Å². The Kier molecular flexibility index (Phi) is 7.57. The number of aliphatic hydroxyl groups excluding tert-OH is 1. The van der Waals surface area contributed by atoms with E-state index in [0.717, 1.165) is 6.54 Å². The Morgan fingerprint density at radius 2 is 2.07 bits per heavy atom. The van der Waals surface area contributed by atoms with Gasteiger partial charge in [-0.1, -0.05) is 6.92 Å². The molecule has 0 bridgehead atoms. The first-order valence-corrected chi connectivity index (χ1v) is 4.95. The molecule has 0 saturated heterocycles. The van der Waals surface area contributed by atoms with Crippen molar-refractivity contribution >= 4 is 11.9 Å². The Morgan fingerprint density at radius 3 is 2.53 bits per heavy atom. The summed E-state index contributed by atoms with van der Waals surface area (Å²) < 4.78 is 0. The fourth-order valence-corrected chi connectivity index (χ4v) is 1.03. The number of aliphatic carboxylic acids is 1. The summed E-state index contributed by atoms with van der Waals surface area (Å²) >= 11 is 0. The van der Waals surface area contributed by atoms with Gasteiger partial charge in [0.25, 0.3) is 0 Å². The van der Waals surface area contributed by atoms with Crippen LogP contribution in [0.1, 0.15) is 19.8 Å². The van der Waals surface area contributed by atoms with E-state index < -0.39 is 12.0 Å². The van der Waals surface area contributed by atoms with Crippen LogP contribution >= 0.6 is 0 Å². The minimum atomic E-state index is -1.12. The monoisotopic (exact) mass is 218 g/mol. The average molecular weight is 218 g/mol. The van der Waals surface area contributed by atoms with Gasteiger partial charge in [-0.15, -0.1) is 0 Å². The summed E-state index contributed by atoms with van der Waals surface area (Å²) in [5.41, 5.74) is 0. The van der Waals surface area contributed by atoms with Crippen LogP contribution in [0.15, 0.2) is 0 Å². The number of carboxylic acid groups (broad SMARTS) is 1. The Balaban J connectivity index is 3.84. The zero-order valence-corrected chi connectivity index (χ0v) is 8.82. The highest BCUT2D eigenvalue weighted by Crippen LogP contribution is 1.92. The van der Waals surface area contributed by atoms with Gasteiger partial charge in [0.15, 0.2) is 0 Å². The summed E-state index contributed by atoms with van der Waals surface area (Å²) in [6.07, 6.45) is 0.269. The third kappa shape index (κ3) is 6.87. The molecule has 0 aliphatic rings. The second-order valence-corrected chi connectivity index (χ2v) is 3.07. The van der Waals surface area contributed by atoms with Gasteiger partial charge in [0.05, 0.1) is 0 Å². The van der Waals surface area contributed by atoms with E-state index in [-0.39, 0.29) is 25.4 Å². The molecule has 0 aromatic rings. The van der Waals surface area contributed by atoms with Gasteiger partial charge in [-0.25, -0.2) is 4.79 Å². The molecule has 1 atom stereocenters. The third-order valence-corrected chi connectivity index (χ3v) is 1.83. The van der Waals surface area contributed by atoms with Gasteiger partial charge in [0.2, 0.25) is 5.91 Å². The highest BCUT2D eigenvalue weighted by Gasteiger charge is 2.18. The zero-order valence-electron chi connectivity index (χ0n) is 8.82. The number of carbonyl (C=O) groups excluding carboxylic acids is 1. The van der Waals surface area contributed by atoms with Crippen molar-refractivity contribution in [3.8, 4) is 0 Å². The SMILES string of the molecule is CCNCCC(=O)NC(CCO)C(=O)O. The highest BCUT2D eigenvalue weighted by atomic mass is 16.4. The lowest BCUT2D eigenvalue weighted by molar-refractivity contribution is -0.142. The van der Waals surface area contributed by atoms with Gasteiger partial charge in [-0.05, 0) is 6.54 Å². The predicted octanol–water partition coefficient (Wildman–Crippen LogP) is -1.06. The maximum absolute atomic E-state index is 11.2. The van der Waals surface area contributed by atoms with Crippen molar-refractivity contribution in [1.29, 1.82) is 0 Å². The van der Waals surface area contributed by atoms with E-state index >= 15 is 0 Å². The smallest absolute Gasteiger partial charge is 0.326 e. The van der Waals surface area contributed by atoms with Gasteiger partial charge in [0, 0.05) is 26.0 Å². The number of hydrogen-bond acceptors (Lipinski definition) is 4. The number of carboxylic acids is 1. The van der Waals surface area contributed by atoms with Crippen molar-refractivity contribution in [1.82, 2.24) is 10.6 Å². The molecular formula is C9H18N2O4. The lowest BCUT2D eigenvalue weighted by Gasteiger charge is -2.12. The standard InChI is InChI=1S/C9H18N2O4/c1-2-10-5-3-8(13)11-7(4-6-12)9(14)15/h7,10,12H,2-6H2,1H3,(H,11,13)(H,14,15). The first-order chi connectivity index (χ1) is 7.11. The van der Waals surface area contributed by atoms with Gasteiger partial charge in [-0.3, -0.25) is 4.79 Å². The van der Waals surface area contributed by atoms with Crippen molar-refractivity contribution < 1.29 is 19.8 Å². The van der Waals surface area contributed by atoms with Crippen LogP contribution in [-0.2, 0) is 9.59 Å². The number of aliphatic hydroxyl groups is 1. The summed E-state index contributed by atoms with van der Waals surface area (Å²) in [5.74, 6) is -1.45. The van der Waals surface area contributed by atoms with Crippen LogP contribution in [0.4, 0.5) is 0 Å². The van der Waals surface area contributed by atoms with Crippen LogP contribution in [0.5, 0.6) is 0 Å². The maximum Gasteiger partial charge on any atom is 0.326 e. The van der Waals surface area contributed by atoms with Crippen molar-refractivity contribution in [2.45, 2.75) is 25.8 Å². The van der Waals surface area contributed by atoms with Crippen molar-refractivity contribution in [2.75, 3.05) is 19.7 Å². The van der Waals surface area contributed by atoms with Gasteiger partial charge < -0.3 is 20.8 Å². The molecule has 6 nitrogen and oxygen atoms in total. The highest BCUT2D eigenvalue weighted by molar-refractivity contribution is 5.83. The fraction of sp³-hybridized carbons (Fsp3) is 0.778. The van der Waals surface area contributed by atoms with Gasteiger partial charge >= 0.3 is 5.97 Å². The normalized spacial score (nSPS) is 12.1. The van der Waals surface area contributed by atoms with Crippen LogP contribution in [0, 0.1) is 0 Å². The molecule has 0 rings (SSSR count). The molecule has 0 spiro atoms. The zero-order chi connectivity index (χ0) is 11.7. The second-order valence-electron chi connectivity index (χ2n) is 3.07. The lowest BCUT2D eigenvalue weighted by atomic mass is 10.2. The van der Waals surface area contributed by atoms with Crippen LogP contribution in [0.2, 0.25) is 0 Å². The minimum Gasteiger partial charge on any atom is -0.480 e. The first kappa shape index (κ1) is 13.9. The molecule has 4 N–H and O–H groups in total. The summed E-state index contributed by atoms with van der Waals surface area (Å²) in [6, 6.07) is -0.996. The number of nitrogens with one attached hydrogen (secondary N) is 2. The van der Waals surface area contributed by atoms with E-state index in [1.54, 1.807) is 0 Å². The van der Waals surface area contributed by atoms with E-state index in [0.29, 0.717) is 6.54 Å². The van der Waals surface area contributed by atoms with Gasteiger partial charge in [0.1, 0.15) is 6.04 Å². The van der Waals surface area contributed by atoms with Crippen LogP contribution < -0.4 is 10.6 Å². The Morgan fingerprint density at radius 1 is 1.40 bits per heavy atom.